The van der Waals surface area contributed by atoms with Gasteiger partial charge >= 0.3 is 0 Å². The van der Waals surface area contributed by atoms with E-state index in [0.717, 1.165) is 26.7 Å². The minimum absolute atomic E-state index is 0.674. The number of fused-ring (bicyclic) bond motifs is 1. The third kappa shape index (κ3) is 2.49. The van der Waals surface area contributed by atoms with Crippen LogP contribution in [0.2, 0.25) is 0 Å². The Kier molecular flexibility index (Phi) is 3.36. The van der Waals surface area contributed by atoms with E-state index in [2.05, 4.69) is 36.2 Å². The van der Waals surface area contributed by atoms with Gasteiger partial charge in [0, 0.05) is 27.9 Å². The minimum atomic E-state index is 0.674. The number of benzene rings is 1. The van der Waals surface area contributed by atoms with Crippen molar-refractivity contribution >= 4 is 43.9 Å². The van der Waals surface area contributed by atoms with Crippen LogP contribution in [0.15, 0.2) is 58.8 Å². The molecule has 0 fully saturated rings. The van der Waals surface area contributed by atoms with Crippen LogP contribution in [-0.2, 0) is 0 Å². The molecule has 0 aliphatic carbocycles. The Morgan fingerprint density at radius 2 is 2.00 bits per heavy atom. The molecule has 0 aliphatic heterocycles. The predicted molar refractivity (Wildman–Crippen MR) is 91.5 cm³/mol. The molecule has 4 rings (SSSR count). The SMILES string of the molecule is Brc1ccc(Nc2nc(-c3cnc4ncccn34)cs2)cc1. The maximum absolute atomic E-state index is 4.63. The molecule has 0 radical (unpaired) electrons. The van der Waals surface area contributed by atoms with Gasteiger partial charge in [-0.05, 0) is 30.3 Å². The van der Waals surface area contributed by atoms with Crippen LogP contribution in [0.1, 0.15) is 0 Å². The molecule has 0 saturated carbocycles. The molecule has 1 aromatic carbocycles. The zero-order valence-electron chi connectivity index (χ0n) is 11.3. The Labute approximate surface area is 138 Å². The second-order valence-corrected chi connectivity index (χ2v) is 6.38. The third-order valence-corrected chi connectivity index (χ3v) is 4.44. The summed E-state index contributed by atoms with van der Waals surface area (Å²) in [5.41, 5.74) is 2.82. The molecule has 5 nitrogen and oxygen atoms in total. The summed E-state index contributed by atoms with van der Waals surface area (Å²) < 4.78 is 2.98. The standard InChI is InChI=1S/C15H10BrN5S/c16-10-2-4-11(5-3-10)19-15-20-12(9-22-15)13-8-18-14-17-6-1-7-21(13)14/h1-9H,(H,19,20). The van der Waals surface area contributed by atoms with Crippen molar-refractivity contribution in [3.63, 3.8) is 0 Å². The normalized spacial score (nSPS) is 11.0. The number of imidazole rings is 1. The summed E-state index contributed by atoms with van der Waals surface area (Å²) in [6.45, 7) is 0. The first-order valence-corrected chi connectivity index (χ1v) is 8.23. The average molecular weight is 372 g/mol. The smallest absolute Gasteiger partial charge is 0.234 e. The van der Waals surface area contributed by atoms with Crippen molar-refractivity contribution in [2.45, 2.75) is 0 Å². The van der Waals surface area contributed by atoms with E-state index in [4.69, 9.17) is 0 Å². The van der Waals surface area contributed by atoms with Gasteiger partial charge in [-0.1, -0.05) is 15.9 Å². The first-order valence-electron chi connectivity index (χ1n) is 6.56. The highest BCUT2D eigenvalue weighted by atomic mass is 79.9. The average Bonchev–Trinajstić information content (AvgIpc) is 3.16. The van der Waals surface area contributed by atoms with Gasteiger partial charge in [0.2, 0.25) is 5.78 Å². The van der Waals surface area contributed by atoms with Gasteiger partial charge < -0.3 is 5.32 Å². The Morgan fingerprint density at radius 1 is 1.14 bits per heavy atom. The van der Waals surface area contributed by atoms with E-state index in [9.17, 15) is 0 Å². The lowest BCUT2D eigenvalue weighted by Crippen LogP contribution is -1.91. The van der Waals surface area contributed by atoms with Gasteiger partial charge in [-0.2, -0.15) is 0 Å². The Morgan fingerprint density at radius 3 is 2.86 bits per heavy atom. The fourth-order valence-electron chi connectivity index (χ4n) is 2.12. The van der Waals surface area contributed by atoms with E-state index >= 15 is 0 Å². The monoisotopic (exact) mass is 371 g/mol. The van der Waals surface area contributed by atoms with Crippen molar-refractivity contribution < 1.29 is 0 Å². The van der Waals surface area contributed by atoms with Gasteiger partial charge in [-0.25, -0.2) is 15.0 Å². The van der Waals surface area contributed by atoms with Crippen LogP contribution in [0.3, 0.4) is 0 Å². The Hall–Kier alpha value is -2.25. The summed E-state index contributed by atoms with van der Waals surface area (Å²) in [6, 6.07) is 9.87. The van der Waals surface area contributed by atoms with E-state index < -0.39 is 0 Å². The number of hydrogen-bond donors (Lipinski definition) is 1. The van der Waals surface area contributed by atoms with E-state index in [1.54, 1.807) is 23.7 Å². The van der Waals surface area contributed by atoms with Gasteiger partial charge in [0.1, 0.15) is 5.69 Å². The van der Waals surface area contributed by atoms with E-state index in [1.807, 2.05) is 46.3 Å². The molecule has 1 N–H and O–H groups in total. The van der Waals surface area contributed by atoms with Crippen molar-refractivity contribution in [1.29, 1.82) is 0 Å². The van der Waals surface area contributed by atoms with Crippen molar-refractivity contribution in [3.05, 3.63) is 58.8 Å². The topological polar surface area (TPSA) is 55.1 Å². The summed E-state index contributed by atoms with van der Waals surface area (Å²) in [5, 5.41) is 6.16. The zero-order valence-corrected chi connectivity index (χ0v) is 13.7. The largest absolute Gasteiger partial charge is 0.332 e. The van der Waals surface area contributed by atoms with Crippen molar-refractivity contribution in [3.8, 4) is 11.4 Å². The maximum atomic E-state index is 4.63. The van der Waals surface area contributed by atoms with Gasteiger partial charge in [0.25, 0.3) is 0 Å². The first kappa shape index (κ1) is 13.4. The molecule has 22 heavy (non-hydrogen) atoms. The third-order valence-electron chi connectivity index (χ3n) is 3.15. The van der Waals surface area contributed by atoms with Crippen LogP contribution in [0.25, 0.3) is 17.2 Å². The molecule has 0 bridgehead atoms. The summed E-state index contributed by atoms with van der Waals surface area (Å²) in [5.74, 6) is 0.674. The molecule has 3 aromatic heterocycles. The van der Waals surface area contributed by atoms with E-state index in [1.165, 1.54) is 0 Å². The minimum Gasteiger partial charge on any atom is -0.332 e. The first-order chi connectivity index (χ1) is 10.8. The molecule has 0 spiro atoms. The van der Waals surface area contributed by atoms with Crippen LogP contribution in [-0.4, -0.2) is 19.4 Å². The number of thiazole rings is 1. The van der Waals surface area contributed by atoms with Crippen molar-refractivity contribution in [2.24, 2.45) is 0 Å². The lowest BCUT2D eigenvalue weighted by atomic mass is 10.3. The highest BCUT2D eigenvalue weighted by Gasteiger charge is 2.10. The summed E-state index contributed by atoms with van der Waals surface area (Å²) in [7, 11) is 0. The molecular weight excluding hydrogens is 362 g/mol. The molecule has 0 amide bonds. The predicted octanol–water partition coefficient (Wildman–Crippen LogP) is 4.36. The number of anilines is 2. The van der Waals surface area contributed by atoms with Crippen molar-refractivity contribution in [2.75, 3.05) is 5.32 Å². The van der Waals surface area contributed by atoms with Gasteiger partial charge in [-0.3, -0.25) is 4.40 Å². The van der Waals surface area contributed by atoms with E-state index in [-0.39, 0.29) is 0 Å². The van der Waals surface area contributed by atoms with Gasteiger partial charge in [-0.15, -0.1) is 11.3 Å². The zero-order chi connectivity index (χ0) is 14.9. The molecule has 0 aliphatic rings. The number of nitrogens with one attached hydrogen (secondary N) is 1. The van der Waals surface area contributed by atoms with Crippen LogP contribution in [0.4, 0.5) is 10.8 Å². The quantitative estimate of drug-likeness (QED) is 0.581. The molecule has 0 saturated heterocycles. The second-order valence-electron chi connectivity index (χ2n) is 4.60. The summed E-state index contributed by atoms with van der Waals surface area (Å²) >= 11 is 4.99. The molecule has 3 heterocycles. The fourth-order valence-corrected chi connectivity index (χ4v) is 3.11. The van der Waals surface area contributed by atoms with Gasteiger partial charge in [0.15, 0.2) is 5.13 Å². The van der Waals surface area contributed by atoms with Crippen molar-refractivity contribution in [1.82, 2.24) is 19.4 Å². The summed E-state index contributed by atoms with van der Waals surface area (Å²) in [4.78, 5) is 13.1. The second kappa shape index (κ2) is 5.51. The van der Waals surface area contributed by atoms with E-state index in [0.29, 0.717) is 5.78 Å². The maximum Gasteiger partial charge on any atom is 0.234 e. The molecule has 0 atom stereocenters. The Balaban J connectivity index is 1.65. The van der Waals surface area contributed by atoms with Crippen LogP contribution in [0, 0.1) is 0 Å². The number of nitrogens with zero attached hydrogens (tertiary/aromatic N) is 4. The molecule has 0 unspecified atom stereocenters. The molecule has 7 heteroatoms. The highest BCUT2D eigenvalue weighted by molar-refractivity contribution is 9.10. The van der Waals surface area contributed by atoms with Crippen LogP contribution < -0.4 is 5.32 Å². The molecule has 108 valence electrons. The number of rotatable bonds is 3. The number of aromatic nitrogens is 4. The lowest BCUT2D eigenvalue weighted by molar-refractivity contribution is 1.11. The van der Waals surface area contributed by atoms with Crippen LogP contribution in [0.5, 0.6) is 0 Å². The number of halogens is 1. The highest BCUT2D eigenvalue weighted by Crippen LogP contribution is 2.27. The van der Waals surface area contributed by atoms with Gasteiger partial charge in [0.05, 0.1) is 11.9 Å². The van der Waals surface area contributed by atoms with Crippen LogP contribution >= 0.6 is 27.3 Å². The Bertz CT molecular complexity index is 928. The summed E-state index contributed by atoms with van der Waals surface area (Å²) in [6.07, 6.45) is 5.46. The fraction of sp³-hybridized carbons (Fsp3) is 0. The lowest BCUT2D eigenvalue weighted by Gasteiger charge is -2.02. The molecular formula is C15H10BrN5S. The molecule has 4 aromatic rings. The number of hydrogen-bond acceptors (Lipinski definition) is 5.